The van der Waals surface area contributed by atoms with Crippen LogP contribution in [0.1, 0.15) is 38.2 Å². The molecule has 0 radical (unpaired) electrons. The van der Waals surface area contributed by atoms with E-state index < -0.39 is 12.6 Å². The average Bonchev–Trinajstić information content (AvgIpc) is 3.21. The molecule has 184 valence electrons. The number of likely N-dealkylation sites (N-methyl/N-ethyl adjacent to an activating group) is 1. The lowest BCUT2D eigenvalue weighted by Crippen LogP contribution is -2.43. The number of halogens is 3. The number of aromatic nitrogens is 3. The predicted molar refractivity (Wildman–Crippen MR) is 130 cm³/mol. The first-order valence-electron chi connectivity index (χ1n) is 11.9. The van der Waals surface area contributed by atoms with E-state index in [4.69, 9.17) is 0 Å². The molecule has 0 amide bonds. The number of nitrogens with one attached hydrogen (secondary N) is 2. The normalized spacial score (nSPS) is 16.7. The van der Waals surface area contributed by atoms with Crippen LogP contribution < -0.4 is 5.32 Å². The fourth-order valence-corrected chi connectivity index (χ4v) is 4.34. The maximum atomic E-state index is 12.3. The van der Waals surface area contributed by atoms with Crippen molar-refractivity contribution >= 4 is 17.0 Å². The van der Waals surface area contributed by atoms with Crippen molar-refractivity contribution in [3.63, 3.8) is 0 Å². The van der Waals surface area contributed by atoms with Gasteiger partial charge in [-0.3, -0.25) is 4.90 Å². The van der Waals surface area contributed by atoms with Crippen molar-refractivity contribution < 1.29 is 13.2 Å². The molecule has 9 heteroatoms. The third kappa shape index (κ3) is 6.70. The molecule has 3 heterocycles. The highest BCUT2D eigenvalue weighted by Crippen LogP contribution is 2.28. The molecule has 0 aliphatic carbocycles. The lowest BCUT2D eigenvalue weighted by atomic mass is 10.0. The van der Waals surface area contributed by atoms with Gasteiger partial charge >= 0.3 is 6.18 Å². The van der Waals surface area contributed by atoms with Gasteiger partial charge in [-0.15, -0.1) is 0 Å². The van der Waals surface area contributed by atoms with E-state index in [2.05, 4.69) is 61.4 Å². The Kier molecular flexibility index (Phi) is 7.73. The van der Waals surface area contributed by atoms with E-state index in [-0.39, 0.29) is 12.5 Å². The quantitative estimate of drug-likeness (QED) is 0.413. The minimum Gasteiger partial charge on any atom is -0.352 e. The summed E-state index contributed by atoms with van der Waals surface area (Å²) in [7, 11) is 2.17. The highest BCUT2D eigenvalue weighted by molar-refractivity contribution is 5.93. The average molecular weight is 475 g/mol. The zero-order valence-corrected chi connectivity index (χ0v) is 19.8. The molecule has 1 saturated heterocycles. The van der Waals surface area contributed by atoms with Gasteiger partial charge in [-0.2, -0.15) is 18.2 Å². The number of rotatable bonds is 9. The second-order valence-electron chi connectivity index (χ2n) is 9.34. The molecule has 2 N–H and O–H groups in total. The van der Waals surface area contributed by atoms with Gasteiger partial charge in [-0.05, 0) is 37.9 Å². The van der Waals surface area contributed by atoms with Crippen LogP contribution in [0.15, 0.2) is 36.7 Å². The summed E-state index contributed by atoms with van der Waals surface area (Å²) in [6, 6.07) is 8.65. The molecule has 1 fully saturated rings. The molecule has 1 aliphatic rings. The van der Waals surface area contributed by atoms with E-state index in [1.54, 1.807) is 6.20 Å². The largest absolute Gasteiger partial charge is 0.389 e. The van der Waals surface area contributed by atoms with Crippen LogP contribution in [0.5, 0.6) is 0 Å². The van der Waals surface area contributed by atoms with Gasteiger partial charge in [-0.1, -0.05) is 30.7 Å². The fourth-order valence-electron chi connectivity index (χ4n) is 4.34. The van der Waals surface area contributed by atoms with Crippen molar-refractivity contribution in [2.45, 2.75) is 51.4 Å². The SMILES string of the molecule is CC(CCCCC(F)(F)F)Nc1ncc2c(-c3ccc(CN4CCN(C)CC4)cc3)c[nH]c2n1. The third-order valence-electron chi connectivity index (χ3n) is 6.42. The molecule has 1 unspecified atom stereocenters. The molecule has 0 bridgehead atoms. The van der Waals surface area contributed by atoms with Crippen LogP contribution in [-0.2, 0) is 6.54 Å². The zero-order valence-electron chi connectivity index (χ0n) is 19.8. The van der Waals surface area contributed by atoms with Crippen LogP contribution in [0.3, 0.4) is 0 Å². The monoisotopic (exact) mass is 474 g/mol. The lowest BCUT2D eigenvalue weighted by Gasteiger charge is -2.32. The van der Waals surface area contributed by atoms with Crippen molar-refractivity contribution in [3.8, 4) is 11.1 Å². The van der Waals surface area contributed by atoms with Crippen LogP contribution in [-0.4, -0.2) is 70.2 Å². The molecule has 0 saturated carbocycles. The Balaban J connectivity index is 1.34. The van der Waals surface area contributed by atoms with Crippen LogP contribution in [0.2, 0.25) is 0 Å². The van der Waals surface area contributed by atoms with Crippen molar-refractivity contribution in [2.24, 2.45) is 0 Å². The summed E-state index contributed by atoms with van der Waals surface area (Å²) in [6.07, 6.45) is 0.209. The fraction of sp³-hybridized carbons (Fsp3) is 0.520. The molecule has 3 aromatic rings. The number of benzene rings is 1. The first-order chi connectivity index (χ1) is 16.3. The van der Waals surface area contributed by atoms with E-state index in [0.717, 1.165) is 54.9 Å². The van der Waals surface area contributed by atoms with Gasteiger partial charge in [0, 0.05) is 68.5 Å². The second-order valence-corrected chi connectivity index (χ2v) is 9.34. The summed E-state index contributed by atoms with van der Waals surface area (Å²) >= 11 is 0. The van der Waals surface area contributed by atoms with Crippen molar-refractivity contribution in [1.82, 2.24) is 24.8 Å². The van der Waals surface area contributed by atoms with Gasteiger partial charge in [0.05, 0.1) is 0 Å². The number of alkyl halides is 3. The molecule has 6 nitrogen and oxygen atoms in total. The van der Waals surface area contributed by atoms with Gasteiger partial charge in [0.1, 0.15) is 5.65 Å². The number of hydrogen-bond acceptors (Lipinski definition) is 5. The molecular formula is C25H33F3N6. The Bertz CT molecular complexity index is 1050. The first kappa shape index (κ1) is 24.5. The number of anilines is 1. The Morgan fingerprint density at radius 3 is 2.53 bits per heavy atom. The standard InChI is InChI=1S/C25H33F3N6/c1-18(5-3-4-10-25(26,27)28)31-24-30-16-22-21(15-29-23(22)32-24)20-8-6-19(7-9-20)17-34-13-11-33(2)12-14-34/h6-9,15-16,18H,3-5,10-14,17H2,1-2H3,(H2,29,30,31,32). The number of H-pyrrole nitrogens is 1. The van der Waals surface area contributed by atoms with Crippen LogP contribution in [0.4, 0.5) is 19.1 Å². The van der Waals surface area contributed by atoms with Gasteiger partial charge in [0.2, 0.25) is 5.95 Å². The Morgan fingerprint density at radius 2 is 1.82 bits per heavy atom. The summed E-state index contributed by atoms with van der Waals surface area (Å²) in [5.41, 5.74) is 4.20. The summed E-state index contributed by atoms with van der Waals surface area (Å²) in [5, 5.41) is 4.14. The van der Waals surface area contributed by atoms with Crippen LogP contribution >= 0.6 is 0 Å². The maximum absolute atomic E-state index is 12.3. The molecule has 0 spiro atoms. The summed E-state index contributed by atoms with van der Waals surface area (Å²) < 4.78 is 36.9. The smallest absolute Gasteiger partial charge is 0.352 e. The first-order valence-corrected chi connectivity index (χ1v) is 11.9. The number of unbranched alkanes of at least 4 members (excludes halogenated alkanes) is 1. The number of nitrogens with zero attached hydrogens (tertiary/aromatic N) is 4. The van der Waals surface area contributed by atoms with E-state index in [1.807, 2.05) is 13.1 Å². The van der Waals surface area contributed by atoms with Crippen LogP contribution in [0.25, 0.3) is 22.2 Å². The zero-order chi connectivity index (χ0) is 24.1. The third-order valence-corrected chi connectivity index (χ3v) is 6.42. The summed E-state index contributed by atoms with van der Waals surface area (Å²) in [6.45, 7) is 7.32. The number of piperazine rings is 1. The molecule has 2 aromatic heterocycles. The number of aromatic amines is 1. The van der Waals surface area contributed by atoms with E-state index >= 15 is 0 Å². The van der Waals surface area contributed by atoms with Gasteiger partial charge in [0.25, 0.3) is 0 Å². The molecule has 1 aromatic carbocycles. The molecule has 1 aliphatic heterocycles. The molecule has 34 heavy (non-hydrogen) atoms. The highest BCUT2D eigenvalue weighted by Gasteiger charge is 2.26. The maximum Gasteiger partial charge on any atom is 0.389 e. The number of hydrogen-bond donors (Lipinski definition) is 2. The van der Waals surface area contributed by atoms with E-state index in [9.17, 15) is 13.2 Å². The minimum absolute atomic E-state index is 0.00651. The van der Waals surface area contributed by atoms with Crippen molar-refractivity contribution in [1.29, 1.82) is 0 Å². The minimum atomic E-state index is -4.08. The molecule has 1 atom stereocenters. The van der Waals surface area contributed by atoms with Crippen molar-refractivity contribution in [2.75, 3.05) is 38.5 Å². The van der Waals surface area contributed by atoms with Gasteiger partial charge in [0.15, 0.2) is 0 Å². The van der Waals surface area contributed by atoms with Gasteiger partial charge < -0.3 is 15.2 Å². The topological polar surface area (TPSA) is 60.1 Å². The van der Waals surface area contributed by atoms with Gasteiger partial charge in [-0.25, -0.2) is 4.98 Å². The lowest BCUT2D eigenvalue weighted by molar-refractivity contribution is -0.135. The summed E-state index contributed by atoms with van der Waals surface area (Å²) in [5.74, 6) is 0.478. The van der Waals surface area contributed by atoms with E-state index in [1.165, 1.54) is 5.56 Å². The Labute approximate surface area is 198 Å². The summed E-state index contributed by atoms with van der Waals surface area (Å²) in [4.78, 5) is 17.1. The highest BCUT2D eigenvalue weighted by atomic mass is 19.4. The van der Waals surface area contributed by atoms with E-state index in [0.29, 0.717) is 18.8 Å². The second kappa shape index (κ2) is 10.7. The van der Waals surface area contributed by atoms with Crippen LogP contribution in [0, 0.1) is 0 Å². The Hall–Kier alpha value is -2.65. The number of fused-ring (bicyclic) bond motifs is 1. The van der Waals surface area contributed by atoms with Crippen molar-refractivity contribution in [3.05, 3.63) is 42.2 Å². The molecular weight excluding hydrogens is 441 g/mol. The predicted octanol–water partition coefficient (Wildman–Crippen LogP) is 5.30. The molecule has 4 rings (SSSR count). The Morgan fingerprint density at radius 1 is 1.09 bits per heavy atom.